The van der Waals surface area contributed by atoms with Crippen LogP contribution in [0, 0.1) is 0 Å². The molecule has 7 nitrogen and oxygen atoms in total. The van der Waals surface area contributed by atoms with Crippen molar-refractivity contribution in [3.05, 3.63) is 125 Å². The first-order valence-corrected chi connectivity index (χ1v) is 14.6. The van der Waals surface area contributed by atoms with Gasteiger partial charge in [0.2, 0.25) is 9.84 Å². The van der Waals surface area contributed by atoms with Crippen LogP contribution in [0.1, 0.15) is 22.8 Å². The summed E-state index contributed by atoms with van der Waals surface area (Å²) in [7, 11) is -3.86. The van der Waals surface area contributed by atoms with Crippen molar-refractivity contribution in [2.45, 2.75) is 28.9 Å². The van der Waals surface area contributed by atoms with Gasteiger partial charge in [0.1, 0.15) is 5.75 Å². The molecule has 1 atom stereocenters. The fraction of sp³-hybridized carbons (Fsp3) is 0.194. The third-order valence-corrected chi connectivity index (χ3v) is 8.30. The zero-order valence-electron chi connectivity index (χ0n) is 21.7. The molecule has 0 radical (unpaired) electrons. The molecule has 0 aromatic heterocycles. The summed E-state index contributed by atoms with van der Waals surface area (Å²) in [5.74, 6) is -0.989. The minimum absolute atomic E-state index is 0.0166. The van der Waals surface area contributed by atoms with Gasteiger partial charge in [0, 0.05) is 24.7 Å². The van der Waals surface area contributed by atoms with Gasteiger partial charge < -0.3 is 14.9 Å². The van der Waals surface area contributed by atoms with Crippen LogP contribution in [0.5, 0.6) is 5.75 Å². The number of aliphatic hydroxyl groups excluding tert-OH is 1. The number of carboxylic acids is 1. The first kappa shape index (κ1) is 29.3. The average Bonchev–Trinajstić information content (AvgIpc) is 2.95. The quantitative estimate of drug-likeness (QED) is 0.218. The molecule has 0 aliphatic rings. The van der Waals surface area contributed by atoms with Gasteiger partial charge in [-0.1, -0.05) is 72.3 Å². The first-order valence-electron chi connectivity index (χ1n) is 12.7. The Morgan fingerprint density at radius 1 is 0.850 bits per heavy atom. The van der Waals surface area contributed by atoms with Crippen LogP contribution in [-0.2, 0) is 27.6 Å². The number of carbonyl (C=O) groups is 1. The zero-order chi connectivity index (χ0) is 28.5. The van der Waals surface area contributed by atoms with E-state index < -0.39 is 28.5 Å². The first-order chi connectivity index (χ1) is 19.2. The number of benzene rings is 4. The lowest BCUT2D eigenvalue weighted by Crippen LogP contribution is -2.30. The molecular weight excluding hydrogens is 550 g/mol. The van der Waals surface area contributed by atoms with E-state index in [1.807, 2.05) is 48.5 Å². The Morgan fingerprint density at radius 2 is 1.52 bits per heavy atom. The summed E-state index contributed by atoms with van der Waals surface area (Å²) < 4.78 is 31.9. The molecule has 0 bridgehead atoms. The normalized spacial score (nSPS) is 12.3. The predicted octanol–water partition coefficient (Wildman–Crippen LogP) is 5.41. The van der Waals surface area contributed by atoms with Crippen LogP contribution < -0.4 is 4.74 Å². The molecule has 0 fully saturated rings. The largest absolute Gasteiger partial charge is 0.482 e. The van der Waals surface area contributed by atoms with E-state index in [0.717, 1.165) is 16.7 Å². The molecule has 0 aliphatic carbocycles. The Morgan fingerprint density at radius 3 is 2.25 bits per heavy atom. The molecule has 0 amide bonds. The minimum atomic E-state index is -3.86. The predicted molar refractivity (Wildman–Crippen MR) is 153 cm³/mol. The number of sulfone groups is 1. The van der Waals surface area contributed by atoms with Crippen LogP contribution >= 0.6 is 11.6 Å². The molecule has 0 heterocycles. The van der Waals surface area contributed by atoms with Crippen LogP contribution in [0.3, 0.4) is 0 Å². The van der Waals surface area contributed by atoms with E-state index in [9.17, 15) is 18.3 Å². The second-order valence-corrected chi connectivity index (χ2v) is 11.7. The number of aliphatic hydroxyl groups is 1. The van der Waals surface area contributed by atoms with E-state index in [1.165, 1.54) is 30.3 Å². The topological polar surface area (TPSA) is 104 Å². The van der Waals surface area contributed by atoms with Gasteiger partial charge >= 0.3 is 5.97 Å². The summed E-state index contributed by atoms with van der Waals surface area (Å²) in [5.41, 5.74) is 2.66. The van der Waals surface area contributed by atoms with Gasteiger partial charge in [0.15, 0.2) is 6.61 Å². The van der Waals surface area contributed by atoms with Crippen molar-refractivity contribution in [1.82, 2.24) is 4.90 Å². The Kier molecular flexibility index (Phi) is 9.95. The summed E-state index contributed by atoms with van der Waals surface area (Å²) in [4.78, 5) is 13.1. The highest BCUT2D eigenvalue weighted by Crippen LogP contribution is 2.26. The highest BCUT2D eigenvalue weighted by atomic mass is 35.5. The van der Waals surface area contributed by atoms with Crippen LogP contribution in [0.15, 0.2) is 113 Å². The molecule has 0 saturated carbocycles. The fourth-order valence-corrected chi connectivity index (χ4v) is 5.87. The average molecular weight is 580 g/mol. The van der Waals surface area contributed by atoms with Gasteiger partial charge in [0.25, 0.3) is 0 Å². The molecule has 208 valence electrons. The Labute approximate surface area is 239 Å². The lowest BCUT2D eigenvalue weighted by Gasteiger charge is -2.26. The summed E-state index contributed by atoms with van der Waals surface area (Å²) in [6, 6.07) is 29.7. The van der Waals surface area contributed by atoms with Gasteiger partial charge in [-0.05, 0) is 65.6 Å². The number of hydrogen-bond donors (Lipinski definition) is 2. The van der Waals surface area contributed by atoms with E-state index in [1.54, 1.807) is 24.3 Å². The van der Waals surface area contributed by atoms with E-state index in [0.29, 0.717) is 31.1 Å². The molecule has 40 heavy (non-hydrogen) atoms. The monoisotopic (exact) mass is 579 g/mol. The van der Waals surface area contributed by atoms with Gasteiger partial charge in [-0.15, -0.1) is 0 Å². The maximum Gasteiger partial charge on any atom is 0.341 e. The Bertz CT molecular complexity index is 1540. The van der Waals surface area contributed by atoms with E-state index in [4.69, 9.17) is 21.4 Å². The number of ether oxygens (including phenoxy) is 1. The molecule has 0 unspecified atom stereocenters. The Hall–Kier alpha value is -3.69. The van der Waals surface area contributed by atoms with Gasteiger partial charge in [-0.3, -0.25) is 4.90 Å². The van der Waals surface area contributed by atoms with Gasteiger partial charge in [0.05, 0.1) is 15.9 Å². The minimum Gasteiger partial charge on any atom is -0.482 e. The summed E-state index contributed by atoms with van der Waals surface area (Å²) in [6.45, 7) is 0.995. The smallest absolute Gasteiger partial charge is 0.341 e. The molecular formula is C31H30ClNO6S. The van der Waals surface area contributed by atoms with E-state index in [2.05, 4.69) is 4.90 Å². The molecule has 4 rings (SSSR count). The Balaban J connectivity index is 1.50. The summed E-state index contributed by atoms with van der Waals surface area (Å²) in [5, 5.41) is 20.3. The van der Waals surface area contributed by atoms with E-state index in [-0.39, 0.29) is 15.5 Å². The van der Waals surface area contributed by atoms with Crippen molar-refractivity contribution in [2.75, 3.05) is 19.7 Å². The number of carboxylic acid groups (broad SMARTS) is 1. The highest BCUT2D eigenvalue weighted by Gasteiger charge is 2.20. The van der Waals surface area contributed by atoms with Gasteiger partial charge in [-0.25, -0.2) is 13.2 Å². The molecule has 0 spiro atoms. The number of aliphatic carboxylic acids is 1. The summed E-state index contributed by atoms with van der Waals surface area (Å²) in [6.07, 6.45) is -0.190. The number of rotatable bonds is 13. The number of hydrogen-bond acceptors (Lipinski definition) is 6. The molecule has 4 aromatic carbocycles. The second kappa shape index (κ2) is 13.6. The van der Waals surface area contributed by atoms with Crippen LogP contribution in [0.4, 0.5) is 0 Å². The lowest BCUT2D eigenvalue weighted by atomic mass is 10.1. The standard InChI is InChI=1S/C31H30ClNO6S/c32-26-11-5-10-25(18-26)30(34)21-33(20-24-7-2-1-3-8-24)16-15-23-9-4-13-28(17-23)40(37,38)29-14-6-12-27(19-29)39-22-31(35)36/h1-14,17-19,30,34H,15-16,20-22H2,(H,35,36)/t30-/m1/s1. The summed E-state index contributed by atoms with van der Waals surface area (Å²) >= 11 is 6.12. The third-order valence-electron chi connectivity index (χ3n) is 6.32. The van der Waals surface area contributed by atoms with Crippen molar-refractivity contribution in [3.63, 3.8) is 0 Å². The lowest BCUT2D eigenvalue weighted by molar-refractivity contribution is -0.139. The third kappa shape index (κ3) is 8.16. The van der Waals surface area contributed by atoms with Crippen molar-refractivity contribution in [3.8, 4) is 5.75 Å². The van der Waals surface area contributed by atoms with Crippen LogP contribution in [0.2, 0.25) is 5.02 Å². The second-order valence-electron chi connectivity index (χ2n) is 9.35. The SMILES string of the molecule is O=C(O)COc1cccc(S(=O)(=O)c2cccc(CCN(Cc3ccccc3)C[C@@H](O)c3cccc(Cl)c3)c2)c1. The molecule has 9 heteroatoms. The molecule has 2 N–H and O–H groups in total. The fourth-order valence-electron chi connectivity index (χ4n) is 4.31. The maximum absolute atomic E-state index is 13.4. The maximum atomic E-state index is 13.4. The van der Waals surface area contributed by atoms with Crippen LogP contribution in [0.25, 0.3) is 0 Å². The van der Waals surface area contributed by atoms with Crippen molar-refractivity contribution in [2.24, 2.45) is 0 Å². The van der Waals surface area contributed by atoms with Crippen molar-refractivity contribution >= 4 is 27.4 Å². The zero-order valence-corrected chi connectivity index (χ0v) is 23.3. The molecule has 4 aromatic rings. The van der Waals surface area contributed by atoms with Crippen molar-refractivity contribution in [1.29, 1.82) is 0 Å². The molecule has 0 saturated heterocycles. The van der Waals surface area contributed by atoms with E-state index >= 15 is 0 Å². The highest BCUT2D eigenvalue weighted by molar-refractivity contribution is 7.91. The molecule has 0 aliphatic heterocycles. The van der Waals surface area contributed by atoms with Gasteiger partial charge in [-0.2, -0.15) is 0 Å². The van der Waals surface area contributed by atoms with Crippen molar-refractivity contribution < 1.29 is 28.2 Å². The van der Waals surface area contributed by atoms with Crippen LogP contribution in [-0.4, -0.2) is 49.2 Å². The number of halogens is 1. The number of nitrogens with zero attached hydrogens (tertiary/aromatic N) is 1.